The normalized spacial score (nSPS) is 12.1. The van der Waals surface area contributed by atoms with Crippen LogP contribution in [0.1, 0.15) is 27.2 Å². The molecule has 3 N–H and O–H groups in total. The molecule has 0 spiro atoms. The molecule has 0 saturated carbocycles. The van der Waals surface area contributed by atoms with Gasteiger partial charge in [0.05, 0.1) is 4.90 Å². The van der Waals surface area contributed by atoms with Gasteiger partial charge in [0.15, 0.2) is 6.61 Å². The average molecular weight is 420 g/mol. The maximum atomic E-state index is 12.2. The highest BCUT2D eigenvalue weighted by Gasteiger charge is 2.16. The summed E-state index contributed by atoms with van der Waals surface area (Å²) >= 11 is 0. The van der Waals surface area contributed by atoms with Crippen molar-refractivity contribution in [3.05, 3.63) is 48.5 Å². The van der Waals surface area contributed by atoms with Crippen LogP contribution in [0.15, 0.2) is 53.4 Å². The highest BCUT2D eigenvalue weighted by Crippen LogP contribution is 2.17. The summed E-state index contributed by atoms with van der Waals surface area (Å²) in [6, 6.07) is 12.4. The Kier molecular flexibility index (Phi) is 7.74. The number of ether oxygens (including phenoxy) is 1. The zero-order valence-corrected chi connectivity index (χ0v) is 17.4. The summed E-state index contributed by atoms with van der Waals surface area (Å²) in [5, 5.41) is 5.31. The predicted molar refractivity (Wildman–Crippen MR) is 111 cm³/mol. The molecular weight excluding hydrogens is 394 g/mol. The molecule has 0 aliphatic heterocycles. The van der Waals surface area contributed by atoms with Crippen LogP contribution in [0.5, 0.6) is 5.75 Å². The van der Waals surface area contributed by atoms with E-state index in [2.05, 4.69) is 15.4 Å². The largest absolute Gasteiger partial charge is 0.484 e. The molecule has 2 aromatic carbocycles. The van der Waals surface area contributed by atoms with Crippen molar-refractivity contribution in [2.24, 2.45) is 0 Å². The van der Waals surface area contributed by atoms with E-state index < -0.39 is 10.0 Å². The molecule has 0 aliphatic rings. The van der Waals surface area contributed by atoms with Gasteiger partial charge in [0.2, 0.25) is 15.9 Å². The number of benzene rings is 2. The molecule has 0 aromatic heterocycles. The van der Waals surface area contributed by atoms with Gasteiger partial charge >= 0.3 is 0 Å². The Balaban J connectivity index is 1.88. The Morgan fingerprint density at radius 1 is 0.966 bits per heavy atom. The molecule has 0 fully saturated rings. The summed E-state index contributed by atoms with van der Waals surface area (Å²) in [5.41, 5.74) is 1.19. The molecule has 29 heavy (non-hydrogen) atoms. The molecule has 2 rings (SSSR count). The van der Waals surface area contributed by atoms with E-state index >= 15 is 0 Å². The molecule has 8 nitrogen and oxygen atoms in total. The molecule has 2 amide bonds. The minimum atomic E-state index is -3.58. The summed E-state index contributed by atoms with van der Waals surface area (Å²) in [5.74, 6) is -0.166. The smallest absolute Gasteiger partial charge is 0.262 e. The van der Waals surface area contributed by atoms with Crippen molar-refractivity contribution in [1.29, 1.82) is 0 Å². The first-order valence-electron chi connectivity index (χ1n) is 9.12. The molecule has 0 unspecified atom stereocenters. The fourth-order valence-corrected chi connectivity index (χ4v) is 3.64. The predicted octanol–water partition coefficient (Wildman–Crippen LogP) is 2.74. The zero-order valence-electron chi connectivity index (χ0n) is 16.6. The lowest BCUT2D eigenvalue weighted by atomic mass is 10.2. The summed E-state index contributed by atoms with van der Waals surface area (Å²) in [7, 11) is -3.58. The minimum Gasteiger partial charge on any atom is -0.484 e. The highest BCUT2D eigenvalue weighted by molar-refractivity contribution is 7.89. The Bertz CT molecular complexity index is 941. The van der Waals surface area contributed by atoms with Gasteiger partial charge in [-0.1, -0.05) is 6.92 Å². The number of nitrogens with one attached hydrogen (secondary N) is 3. The number of anilines is 2. The van der Waals surface area contributed by atoms with Crippen molar-refractivity contribution < 1.29 is 22.7 Å². The van der Waals surface area contributed by atoms with Gasteiger partial charge in [-0.2, -0.15) is 0 Å². The molecule has 0 radical (unpaired) electrons. The van der Waals surface area contributed by atoms with Crippen molar-refractivity contribution in [3.8, 4) is 5.75 Å². The summed E-state index contributed by atoms with van der Waals surface area (Å²) < 4.78 is 32.4. The van der Waals surface area contributed by atoms with E-state index in [-0.39, 0.29) is 29.4 Å². The molecule has 9 heteroatoms. The van der Waals surface area contributed by atoms with Crippen molar-refractivity contribution in [2.75, 3.05) is 17.2 Å². The Hall–Kier alpha value is -2.91. The van der Waals surface area contributed by atoms with Crippen LogP contribution in [0.3, 0.4) is 0 Å². The third-order valence-corrected chi connectivity index (χ3v) is 5.57. The monoisotopic (exact) mass is 419 g/mol. The van der Waals surface area contributed by atoms with E-state index in [0.717, 1.165) is 0 Å². The van der Waals surface area contributed by atoms with Gasteiger partial charge in [0, 0.05) is 24.3 Å². The summed E-state index contributed by atoms with van der Waals surface area (Å²) in [6.45, 7) is 4.87. The van der Waals surface area contributed by atoms with Crippen LogP contribution in [0, 0.1) is 0 Å². The molecule has 0 bridgehead atoms. The summed E-state index contributed by atoms with van der Waals surface area (Å²) in [6.07, 6.45) is 0.686. The lowest BCUT2D eigenvalue weighted by Crippen LogP contribution is -2.31. The number of carbonyl (C=O) groups excluding carboxylic acids is 2. The van der Waals surface area contributed by atoms with Crippen LogP contribution in [-0.4, -0.2) is 32.9 Å². The van der Waals surface area contributed by atoms with Gasteiger partial charge in [-0.15, -0.1) is 0 Å². The van der Waals surface area contributed by atoms with E-state index in [1.807, 2.05) is 6.92 Å². The first-order chi connectivity index (χ1) is 13.7. The number of sulfonamides is 1. The second-order valence-corrected chi connectivity index (χ2v) is 8.21. The van der Waals surface area contributed by atoms with Crippen LogP contribution in [0.2, 0.25) is 0 Å². The van der Waals surface area contributed by atoms with Crippen molar-refractivity contribution in [2.45, 2.75) is 38.1 Å². The van der Waals surface area contributed by atoms with Gasteiger partial charge in [-0.05, 0) is 61.9 Å². The van der Waals surface area contributed by atoms with E-state index in [1.165, 1.54) is 31.2 Å². The summed E-state index contributed by atoms with van der Waals surface area (Å²) in [4.78, 5) is 23.1. The maximum absolute atomic E-state index is 12.2. The molecule has 0 saturated heterocycles. The molecule has 0 heterocycles. The fraction of sp³-hybridized carbons (Fsp3) is 0.300. The number of amides is 2. The van der Waals surface area contributed by atoms with Gasteiger partial charge in [0.1, 0.15) is 5.75 Å². The maximum Gasteiger partial charge on any atom is 0.262 e. The SMILES string of the molecule is CC[C@H](C)NS(=O)(=O)c1ccc(OCC(=O)Nc2ccc(NC(C)=O)cc2)cc1. The van der Waals surface area contributed by atoms with Gasteiger partial charge in [-0.25, -0.2) is 13.1 Å². The number of rotatable bonds is 9. The van der Waals surface area contributed by atoms with Crippen LogP contribution >= 0.6 is 0 Å². The lowest BCUT2D eigenvalue weighted by molar-refractivity contribution is -0.118. The Morgan fingerprint density at radius 3 is 2.03 bits per heavy atom. The number of carbonyl (C=O) groups is 2. The third kappa shape index (κ3) is 7.20. The number of hydrogen-bond donors (Lipinski definition) is 3. The van der Waals surface area contributed by atoms with Gasteiger partial charge in [0.25, 0.3) is 5.91 Å². The van der Waals surface area contributed by atoms with E-state index in [1.54, 1.807) is 31.2 Å². The van der Waals surface area contributed by atoms with Crippen molar-refractivity contribution in [3.63, 3.8) is 0 Å². The second-order valence-electron chi connectivity index (χ2n) is 6.50. The molecule has 1 atom stereocenters. The second kappa shape index (κ2) is 10.0. The average Bonchev–Trinajstić information content (AvgIpc) is 2.67. The van der Waals surface area contributed by atoms with E-state index in [4.69, 9.17) is 4.74 Å². The Labute approximate surface area is 170 Å². The first kappa shape index (κ1) is 22.4. The fourth-order valence-electron chi connectivity index (χ4n) is 2.32. The van der Waals surface area contributed by atoms with Crippen LogP contribution in [0.4, 0.5) is 11.4 Å². The standard InChI is InChI=1S/C20H25N3O5S/c1-4-14(2)23-29(26,27)19-11-9-18(10-12-19)28-13-20(25)22-17-7-5-16(6-8-17)21-15(3)24/h5-12,14,23H,4,13H2,1-3H3,(H,21,24)(H,22,25)/t14-/m0/s1. The minimum absolute atomic E-state index is 0.133. The topological polar surface area (TPSA) is 114 Å². The first-order valence-corrected chi connectivity index (χ1v) is 10.6. The van der Waals surface area contributed by atoms with E-state index in [0.29, 0.717) is 23.5 Å². The molecule has 0 aliphatic carbocycles. The molecule has 156 valence electrons. The number of hydrogen-bond acceptors (Lipinski definition) is 5. The molecular formula is C20H25N3O5S. The van der Waals surface area contributed by atoms with Crippen LogP contribution in [0.25, 0.3) is 0 Å². The van der Waals surface area contributed by atoms with Crippen LogP contribution in [-0.2, 0) is 19.6 Å². The van der Waals surface area contributed by atoms with Crippen LogP contribution < -0.4 is 20.1 Å². The zero-order chi connectivity index (χ0) is 21.4. The van der Waals surface area contributed by atoms with Crippen molar-refractivity contribution >= 4 is 33.2 Å². The third-order valence-electron chi connectivity index (χ3n) is 3.96. The van der Waals surface area contributed by atoms with Gasteiger partial charge in [-0.3, -0.25) is 9.59 Å². The van der Waals surface area contributed by atoms with E-state index in [9.17, 15) is 18.0 Å². The molecule has 2 aromatic rings. The quantitative estimate of drug-likeness (QED) is 0.578. The Morgan fingerprint density at radius 2 is 1.52 bits per heavy atom. The van der Waals surface area contributed by atoms with Crippen molar-refractivity contribution in [1.82, 2.24) is 4.72 Å². The lowest BCUT2D eigenvalue weighted by Gasteiger charge is -2.12. The highest BCUT2D eigenvalue weighted by atomic mass is 32.2. The van der Waals surface area contributed by atoms with Gasteiger partial charge < -0.3 is 15.4 Å².